The number of hydrogen-bond acceptors (Lipinski definition) is 33. The molecule has 7 heterocycles. The summed E-state index contributed by atoms with van der Waals surface area (Å²) in [6, 6.07) is 0. The van der Waals surface area contributed by atoms with Gasteiger partial charge in [0.05, 0.1) is 56.1 Å². The van der Waals surface area contributed by atoms with E-state index in [0.717, 1.165) is 0 Å². The van der Waals surface area contributed by atoms with Crippen LogP contribution in [0.3, 0.4) is 0 Å². The van der Waals surface area contributed by atoms with Gasteiger partial charge in [0.1, 0.15) is 134 Å². The van der Waals surface area contributed by atoms with Gasteiger partial charge in [0, 0.05) is 28.1 Å². The number of cyclic esters (lactones) is 1. The summed E-state index contributed by atoms with van der Waals surface area (Å²) in [7, 11) is 2.41. The Balaban J connectivity index is 0.841. The average molecular weight is 1480 g/mol. The third kappa shape index (κ3) is 14.5. The molecule has 0 bridgehead atoms. The molecule has 1 spiro atoms. The Hall–Kier alpha value is -2.93. The molecule has 11 rings (SSSR count). The number of allylic oxidation sites excluding steroid dienone is 2. The van der Waals surface area contributed by atoms with Gasteiger partial charge in [-0.25, -0.2) is 0 Å². The summed E-state index contributed by atoms with van der Waals surface area (Å²) in [6.07, 6.45) is -40.8. The second-order valence-electron chi connectivity index (χ2n) is 32.0. The van der Waals surface area contributed by atoms with Gasteiger partial charge >= 0.3 is 17.9 Å². The van der Waals surface area contributed by atoms with Crippen LogP contribution in [0.5, 0.6) is 0 Å². The van der Waals surface area contributed by atoms with Gasteiger partial charge in [-0.1, -0.05) is 53.2 Å². The SMILES string of the molecule is CO[C@@H]1[C@@H](O)[C@H](O[C@@H]2[C@@H](O)[C@H](O[C@@H]3CO[C@@H](O[C@H]4CC[C@]5(C)C6=CC[C@]78C(=O)O[C@@](C)(C(CCC(C)C)OC(C)=O)[C@H]7[C@@H](OC(C)=O)C[C@@]8(C)[C@@H]6CC[C@H]5C4(C)C)[C@H](O[C@@H]4O[C@H](C)[C@@H](O[C@@H]5OC[C@@H](O)[C@H](O[C@@H]6O[C@H](CO)[C@@H](O)[C@H](OC)[C@H]6O)[C@H]5O)[C@H](O)[C@H]4O)[C@H]3O)O[C@H](C)[C@H]2O)O[C@H](CO)[C@H]1O. The first kappa shape index (κ1) is 81.1. The second-order valence-corrected chi connectivity index (χ2v) is 32.0. The summed E-state index contributed by atoms with van der Waals surface area (Å²) in [4.78, 5) is 41.1. The molecule has 33 heteroatoms. The lowest BCUT2D eigenvalue weighted by Crippen LogP contribution is -2.66. The Morgan fingerprint density at radius 3 is 1.71 bits per heavy atom. The first-order valence-corrected chi connectivity index (χ1v) is 36.3. The lowest BCUT2D eigenvalue weighted by Gasteiger charge is -2.63. The van der Waals surface area contributed by atoms with Crippen molar-refractivity contribution in [2.24, 2.45) is 45.3 Å². The number of esters is 3. The van der Waals surface area contributed by atoms with Gasteiger partial charge in [0.15, 0.2) is 43.3 Å². The topological polar surface area (TPSA) is 471 Å². The van der Waals surface area contributed by atoms with Gasteiger partial charge in [-0.2, -0.15) is 0 Å². The molecule has 0 aromatic heterocycles. The molecule has 0 aromatic carbocycles. The van der Waals surface area contributed by atoms with E-state index < -0.39 is 268 Å². The molecule has 0 amide bonds. The van der Waals surface area contributed by atoms with Crippen molar-refractivity contribution < 1.29 is 161 Å². The molecule has 103 heavy (non-hydrogen) atoms. The van der Waals surface area contributed by atoms with Crippen molar-refractivity contribution in [3.8, 4) is 0 Å². The number of fused-ring (bicyclic) bond motifs is 4. The van der Waals surface area contributed by atoms with Crippen molar-refractivity contribution in [1.29, 1.82) is 0 Å². The minimum absolute atomic E-state index is 0.0944. The number of aliphatic hydroxyl groups is 13. The van der Waals surface area contributed by atoms with E-state index in [9.17, 15) is 76.0 Å². The zero-order valence-corrected chi connectivity index (χ0v) is 60.7. The standard InChI is InChI=1S/C70H112O33/c1-27(2)14-17-41(94-31(6)74)69(11)58-35(93-30(5)73)22-68(10)33-15-16-39-66(7,8)40(19-20-67(39,9)32(33)18-21-70(58,68)65(86)103-69)98-64-57(45(79)38(26-90-64)97-61-51(85)56(42(76)28(3)91-61)101-63-50(84)55(88-13)44(78)37(24-72)96-63)102-60-47(81)46(80)52(29(4)92-60)99-59-48(82)53(34(75)25-89-59)100-62-49(83)54(87-12)43(77)36(23-71)95-62/h18,27-29,33-64,71-72,75-85H,14-17,19-26H2,1-13H3/t28-,29-,33-,34-,35+,36-,37-,38-,39+,40+,41?,42-,43-,44-,45+,46-,47-,48-,49-,50-,51-,52-,53+,54+,55+,56+,57-,58-,59+,60+,61+,62+,63+,64+,67-,68+,69+,70-/m1/s1. The maximum absolute atomic E-state index is 15.2. The van der Waals surface area contributed by atoms with Crippen LogP contribution >= 0.6 is 0 Å². The van der Waals surface area contributed by atoms with E-state index in [0.29, 0.717) is 44.9 Å². The highest BCUT2D eigenvalue weighted by atomic mass is 16.8. The third-order valence-corrected chi connectivity index (χ3v) is 25.1. The van der Waals surface area contributed by atoms with E-state index in [4.69, 9.17) is 80.5 Å². The molecule has 590 valence electrons. The van der Waals surface area contributed by atoms with Gasteiger partial charge in [-0.15, -0.1) is 0 Å². The Kier molecular flexibility index (Phi) is 24.8. The van der Waals surface area contributed by atoms with Crippen LogP contribution in [0.25, 0.3) is 0 Å². The van der Waals surface area contributed by atoms with Crippen LogP contribution in [-0.2, 0) is 94.9 Å². The predicted octanol–water partition coefficient (Wildman–Crippen LogP) is -2.26. The highest BCUT2D eigenvalue weighted by Crippen LogP contribution is 2.77. The Labute approximate surface area is 598 Å². The quantitative estimate of drug-likeness (QED) is 0.0236. The minimum Gasteiger partial charge on any atom is -0.462 e. The molecule has 4 aliphatic carbocycles. The van der Waals surface area contributed by atoms with Crippen molar-refractivity contribution in [1.82, 2.24) is 0 Å². The zero-order valence-electron chi connectivity index (χ0n) is 60.7. The molecule has 33 nitrogen and oxygen atoms in total. The van der Waals surface area contributed by atoms with E-state index in [1.165, 1.54) is 47.5 Å². The fourth-order valence-electron chi connectivity index (χ4n) is 19.7. The fraction of sp³-hybridized carbons (Fsp3) is 0.929. The molecule has 10 fully saturated rings. The van der Waals surface area contributed by atoms with Gasteiger partial charge < -0.3 is 147 Å². The van der Waals surface area contributed by atoms with E-state index >= 15 is 4.79 Å². The molecule has 3 saturated carbocycles. The molecule has 1 unspecified atom stereocenters. The molecule has 11 aliphatic rings. The molecule has 13 N–H and O–H groups in total. The number of carbonyl (C=O) groups excluding carboxylic acids is 3. The lowest BCUT2D eigenvalue weighted by atomic mass is 9.41. The normalized spacial score (nSPS) is 50.8. The molecule has 0 aromatic rings. The minimum atomic E-state index is -2.02. The predicted molar refractivity (Wildman–Crippen MR) is 345 cm³/mol. The Bertz CT molecular complexity index is 2950. The van der Waals surface area contributed by atoms with Gasteiger partial charge in [-0.3, -0.25) is 14.4 Å². The van der Waals surface area contributed by atoms with E-state index in [1.807, 2.05) is 6.92 Å². The Morgan fingerprint density at radius 2 is 1.12 bits per heavy atom. The summed E-state index contributed by atoms with van der Waals surface area (Å²) in [6.45, 7) is 17.6. The van der Waals surface area contributed by atoms with Gasteiger partial charge in [-0.05, 0) is 106 Å². The van der Waals surface area contributed by atoms with Crippen LogP contribution in [0.4, 0.5) is 0 Å². The molecular formula is C70H112O33. The highest BCUT2D eigenvalue weighted by Gasteiger charge is 2.81. The van der Waals surface area contributed by atoms with Crippen molar-refractivity contribution in [3.05, 3.63) is 11.6 Å². The van der Waals surface area contributed by atoms with Crippen LogP contribution in [0.15, 0.2) is 11.6 Å². The maximum atomic E-state index is 15.2. The number of rotatable bonds is 22. The summed E-state index contributed by atoms with van der Waals surface area (Å²) in [5.74, 6) is -2.11. The largest absolute Gasteiger partial charge is 0.462 e. The second kappa shape index (κ2) is 31.4. The van der Waals surface area contributed by atoms with E-state index in [1.54, 1.807) is 0 Å². The first-order chi connectivity index (χ1) is 48.5. The average Bonchev–Trinajstić information content (AvgIpc) is 1.50. The number of carbonyl (C=O) groups is 3. The van der Waals surface area contributed by atoms with Crippen molar-refractivity contribution in [2.45, 2.75) is 323 Å². The maximum Gasteiger partial charge on any atom is 0.314 e. The Morgan fingerprint density at radius 1 is 0.563 bits per heavy atom. The first-order valence-electron chi connectivity index (χ1n) is 36.3. The van der Waals surface area contributed by atoms with Crippen molar-refractivity contribution in [2.75, 3.05) is 40.6 Å². The van der Waals surface area contributed by atoms with Crippen LogP contribution in [-0.4, -0.2) is 321 Å². The molecule has 0 radical (unpaired) electrons. The summed E-state index contributed by atoms with van der Waals surface area (Å²) < 4.78 is 103. The smallest absolute Gasteiger partial charge is 0.314 e. The fourth-order valence-corrected chi connectivity index (χ4v) is 19.7. The zero-order chi connectivity index (χ0) is 75.2. The number of aliphatic hydroxyl groups excluding tert-OH is 13. The van der Waals surface area contributed by atoms with Crippen LogP contribution in [0.1, 0.15) is 128 Å². The summed E-state index contributed by atoms with van der Waals surface area (Å²) >= 11 is 0. The summed E-state index contributed by atoms with van der Waals surface area (Å²) in [5.41, 5.74) is -3.29. The molecule has 7 saturated heterocycles. The van der Waals surface area contributed by atoms with Crippen LogP contribution < -0.4 is 0 Å². The molecule has 38 atom stereocenters. The summed E-state index contributed by atoms with van der Waals surface area (Å²) in [5, 5.41) is 146. The van der Waals surface area contributed by atoms with E-state index in [2.05, 4.69) is 47.6 Å². The van der Waals surface area contributed by atoms with Crippen LogP contribution in [0, 0.1) is 45.3 Å². The van der Waals surface area contributed by atoms with E-state index in [-0.39, 0.29) is 24.2 Å². The third-order valence-electron chi connectivity index (χ3n) is 25.1. The number of hydrogen-bond donors (Lipinski definition) is 13. The number of methoxy groups -OCH3 is 2. The van der Waals surface area contributed by atoms with Gasteiger partial charge in [0.25, 0.3) is 0 Å². The van der Waals surface area contributed by atoms with Crippen molar-refractivity contribution in [3.63, 3.8) is 0 Å². The van der Waals surface area contributed by atoms with Crippen molar-refractivity contribution >= 4 is 17.9 Å². The lowest BCUT2D eigenvalue weighted by molar-refractivity contribution is -0.393. The van der Waals surface area contributed by atoms with Gasteiger partial charge in [0.2, 0.25) is 0 Å². The number of ether oxygens (including phenoxy) is 17. The van der Waals surface area contributed by atoms with Crippen LogP contribution in [0.2, 0.25) is 0 Å². The highest BCUT2D eigenvalue weighted by molar-refractivity contribution is 5.84. The monoisotopic (exact) mass is 1480 g/mol. The molecular weight excluding hydrogens is 1370 g/mol. The molecule has 7 aliphatic heterocycles.